The lowest BCUT2D eigenvalue weighted by atomic mass is 10.00. The van der Waals surface area contributed by atoms with Crippen molar-refractivity contribution >= 4 is 0 Å². The quantitative estimate of drug-likeness (QED) is 0.870. The zero-order valence-corrected chi connectivity index (χ0v) is 10.8. The normalized spacial score (nSPS) is 23.7. The molecule has 0 aliphatic carbocycles. The van der Waals surface area contributed by atoms with Gasteiger partial charge in [-0.2, -0.15) is 0 Å². The standard InChI is InChI=1S/C14H21NO2/c1-4-17-14-11(6-5-7-13(14)16-3)12-8-10(2)9-15-12/h5-7,10,12,15H,4,8-9H2,1-3H3/t10-,12+/m1/s1. The molecule has 17 heavy (non-hydrogen) atoms. The minimum Gasteiger partial charge on any atom is -0.493 e. The monoisotopic (exact) mass is 235 g/mol. The summed E-state index contributed by atoms with van der Waals surface area (Å²) in [6.07, 6.45) is 1.16. The summed E-state index contributed by atoms with van der Waals surface area (Å²) in [7, 11) is 1.69. The number of benzene rings is 1. The van der Waals surface area contributed by atoms with Crippen LogP contribution in [-0.2, 0) is 0 Å². The highest BCUT2D eigenvalue weighted by molar-refractivity contribution is 5.48. The molecule has 1 aromatic carbocycles. The van der Waals surface area contributed by atoms with Gasteiger partial charge in [0.1, 0.15) is 0 Å². The van der Waals surface area contributed by atoms with E-state index in [1.165, 1.54) is 5.56 Å². The molecule has 1 heterocycles. The van der Waals surface area contributed by atoms with Gasteiger partial charge in [0, 0.05) is 11.6 Å². The number of hydrogen-bond donors (Lipinski definition) is 1. The molecule has 1 aromatic rings. The fraction of sp³-hybridized carbons (Fsp3) is 0.571. The van der Waals surface area contributed by atoms with Crippen molar-refractivity contribution in [3.63, 3.8) is 0 Å². The Morgan fingerprint density at radius 2 is 2.24 bits per heavy atom. The second kappa shape index (κ2) is 5.41. The molecular formula is C14H21NO2. The minimum absolute atomic E-state index is 0.390. The molecule has 3 nitrogen and oxygen atoms in total. The van der Waals surface area contributed by atoms with Crippen LogP contribution < -0.4 is 14.8 Å². The second-order valence-electron chi connectivity index (χ2n) is 4.61. The summed E-state index contributed by atoms with van der Waals surface area (Å²) in [6, 6.07) is 6.50. The minimum atomic E-state index is 0.390. The SMILES string of the molecule is CCOc1c(OC)cccc1[C@@H]1C[C@@H](C)CN1. The van der Waals surface area contributed by atoms with E-state index in [9.17, 15) is 0 Å². The van der Waals surface area contributed by atoms with Crippen molar-refractivity contribution in [2.45, 2.75) is 26.3 Å². The third kappa shape index (κ3) is 2.55. The third-order valence-electron chi connectivity index (χ3n) is 3.24. The van der Waals surface area contributed by atoms with E-state index in [0.29, 0.717) is 12.6 Å². The van der Waals surface area contributed by atoms with E-state index in [-0.39, 0.29) is 0 Å². The van der Waals surface area contributed by atoms with Crippen LogP contribution in [0, 0.1) is 5.92 Å². The maximum Gasteiger partial charge on any atom is 0.165 e. The Hall–Kier alpha value is -1.22. The average molecular weight is 235 g/mol. The van der Waals surface area contributed by atoms with Crippen LogP contribution in [0.4, 0.5) is 0 Å². The summed E-state index contributed by atoms with van der Waals surface area (Å²) < 4.78 is 11.1. The lowest BCUT2D eigenvalue weighted by Crippen LogP contribution is -2.15. The van der Waals surface area contributed by atoms with Gasteiger partial charge in [0.05, 0.1) is 13.7 Å². The zero-order valence-electron chi connectivity index (χ0n) is 10.8. The number of rotatable bonds is 4. The molecule has 1 fully saturated rings. The summed E-state index contributed by atoms with van der Waals surface area (Å²) in [5.41, 5.74) is 1.22. The highest BCUT2D eigenvalue weighted by Gasteiger charge is 2.25. The number of hydrogen-bond acceptors (Lipinski definition) is 3. The molecular weight excluding hydrogens is 214 g/mol. The van der Waals surface area contributed by atoms with Crippen LogP contribution >= 0.6 is 0 Å². The van der Waals surface area contributed by atoms with E-state index in [1.807, 2.05) is 19.1 Å². The molecule has 1 N–H and O–H groups in total. The molecule has 3 heteroatoms. The van der Waals surface area contributed by atoms with Crippen LogP contribution in [0.2, 0.25) is 0 Å². The van der Waals surface area contributed by atoms with Crippen LogP contribution in [-0.4, -0.2) is 20.3 Å². The third-order valence-corrected chi connectivity index (χ3v) is 3.24. The molecule has 1 saturated heterocycles. The number of ether oxygens (including phenoxy) is 2. The van der Waals surface area contributed by atoms with Crippen LogP contribution in [0.25, 0.3) is 0 Å². The van der Waals surface area contributed by atoms with E-state index in [1.54, 1.807) is 7.11 Å². The van der Waals surface area contributed by atoms with Gasteiger partial charge in [-0.05, 0) is 31.9 Å². The molecule has 0 unspecified atom stereocenters. The first-order valence-corrected chi connectivity index (χ1v) is 6.29. The fourth-order valence-corrected chi connectivity index (χ4v) is 2.42. The molecule has 0 amide bonds. The van der Waals surface area contributed by atoms with E-state index < -0.39 is 0 Å². The highest BCUT2D eigenvalue weighted by Crippen LogP contribution is 2.38. The lowest BCUT2D eigenvalue weighted by Gasteiger charge is -2.18. The van der Waals surface area contributed by atoms with Gasteiger partial charge in [-0.1, -0.05) is 19.1 Å². The predicted octanol–water partition coefficient (Wildman–Crippen LogP) is 2.76. The zero-order chi connectivity index (χ0) is 12.3. The Labute approximate surface area is 103 Å². The first kappa shape index (κ1) is 12.2. The molecule has 94 valence electrons. The largest absolute Gasteiger partial charge is 0.493 e. The predicted molar refractivity (Wildman–Crippen MR) is 68.7 cm³/mol. The van der Waals surface area contributed by atoms with Crippen molar-refractivity contribution in [2.24, 2.45) is 5.92 Å². The molecule has 1 aliphatic heterocycles. The summed E-state index contributed by atoms with van der Waals surface area (Å²) >= 11 is 0. The number of para-hydroxylation sites is 1. The van der Waals surface area contributed by atoms with Gasteiger partial charge in [-0.3, -0.25) is 0 Å². The highest BCUT2D eigenvalue weighted by atomic mass is 16.5. The Morgan fingerprint density at radius 1 is 1.41 bits per heavy atom. The van der Waals surface area contributed by atoms with Gasteiger partial charge in [-0.15, -0.1) is 0 Å². The Kier molecular flexibility index (Phi) is 3.89. The van der Waals surface area contributed by atoms with Gasteiger partial charge >= 0.3 is 0 Å². The Bertz CT molecular complexity index is 378. The lowest BCUT2D eigenvalue weighted by molar-refractivity contribution is 0.304. The van der Waals surface area contributed by atoms with Crippen LogP contribution in [0.5, 0.6) is 11.5 Å². The maximum absolute atomic E-state index is 5.74. The molecule has 0 bridgehead atoms. The maximum atomic E-state index is 5.74. The van der Waals surface area contributed by atoms with Gasteiger partial charge in [-0.25, -0.2) is 0 Å². The van der Waals surface area contributed by atoms with Crippen molar-refractivity contribution in [2.75, 3.05) is 20.3 Å². The second-order valence-corrected chi connectivity index (χ2v) is 4.61. The summed E-state index contributed by atoms with van der Waals surface area (Å²) in [5.74, 6) is 2.44. The van der Waals surface area contributed by atoms with Crippen molar-refractivity contribution in [1.82, 2.24) is 5.32 Å². The number of nitrogens with one attached hydrogen (secondary N) is 1. The van der Waals surface area contributed by atoms with Crippen LogP contribution in [0.15, 0.2) is 18.2 Å². The van der Waals surface area contributed by atoms with E-state index in [4.69, 9.17) is 9.47 Å². The first-order valence-electron chi connectivity index (χ1n) is 6.29. The average Bonchev–Trinajstić information content (AvgIpc) is 2.76. The van der Waals surface area contributed by atoms with Gasteiger partial charge in [0.2, 0.25) is 0 Å². The summed E-state index contributed by atoms with van der Waals surface area (Å²) in [4.78, 5) is 0. The molecule has 0 aromatic heterocycles. The van der Waals surface area contributed by atoms with E-state index >= 15 is 0 Å². The van der Waals surface area contributed by atoms with Crippen LogP contribution in [0.1, 0.15) is 31.9 Å². The van der Waals surface area contributed by atoms with Gasteiger partial charge in [0.15, 0.2) is 11.5 Å². The smallest absolute Gasteiger partial charge is 0.165 e. The molecule has 0 radical (unpaired) electrons. The van der Waals surface area contributed by atoms with Crippen molar-refractivity contribution in [3.8, 4) is 11.5 Å². The van der Waals surface area contributed by atoms with Gasteiger partial charge < -0.3 is 14.8 Å². The summed E-state index contributed by atoms with van der Waals surface area (Å²) in [6.45, 7) is 6.01. The van der Waals surface area contributed by atoms with Gasteiger partial charge in [0.25, 0.3) is 0 Å². The number of methoxy groups -OCH3 is 1. The van der Waals surface area contributed by atoms with E-state index in [0.717, 1.165) is 30.4 Å². The van der Waals surface area contributed by atoms with Crippen molar-refractivity contribution < 1.29 is 9.47 Å². The molecule has 0 saturated carbocycles. The summed E-state index contributed by atoms with van der Waals surface area (Å²) in [5, 5.41) is 3.54. The molecule has 2 rings (SSSR count). The van der Waals surface area contributed by atoms with Crippen LogP contribution in [0.3, 0.4) is 0 Å². The van der Waals surface area contributed by atoms with Crippen molar-refractivity contribution in [3.05, 3.63) is 23.8 Å². The van der Waals surface area contributed by atoms with Crippen molar-refractivity contribution in [1.29, 1.82) is 0 Å². The fourth-order valence-electron chi connectivity index (χ4n) is 2.42. The topological polar surface area (TPSA) is 30.5 Å². The first-order chi connectivity index (χ1) is 8.26. The Balaban J connectivity index is 2.31. The molecule has 2 atom stereocenters. The molecule has 1 aliphatic rings. The van der Waals surface area contributed by atoms with E-state index in [2.05, 4.69) is 18.3 Å². The Morgan fingerprint density at radius 3 is 2.82 bits per heavy atom. The molecule has 0 spiro atoms.